The molecule has 0 amide bonds. The standard InChI is InChI=1S/C22H26N4O2S2/c1-4-19-25-20(21(29-19)18(24)11-12-23)16-9-6-10-17(13-16)26-30(27,28)22-14(2)7-5-8-15(22)3/h4-5,7,10,12-13,15,23-24,26H,1,6,8-9,11H2,2-3H3. The summed E-state index contributed by atoms with van der Waals surface area (Å²) in [6, 6.07) is 0. The lowest BCUT2D eigenvalue weighted by molar-refractivity contribution is 0.582. The van der Waals surface area contributed by atoms with Crippen molar-refractivity contribution >= 4 is 44.9 Å². The zero-order valence-corrected chi connectivity index (χ0v) is 18.8. The van der Waals surface area contributed by atoms with Gasteiger partial charge in [-0.05, 0) is 55.4 Å². The Morgan fingerprint density at radius 3 is 2.90 bits per heavy atom. The predicted molar refractivity (Wildman–Crippen MR) is 125 cm³/mol. The van der Waals surface area contributed by atoms with E-state index in [1.54, 1.807) is 6.08 Å². The van der Waals surface area contributed by atoms with Gasteiger partial charge in [-0.3, -0.25) is 4.72 Å². The van der Waals surface area contributed by atoms with E-state index in [1.165, 1.54) is 17.6 Å². The van der Waals surface area contributed by atoms with Crippen LogP contribution < -0.4 is 4.72 Å². The smallest absolute Gasteiger partial charge is 0.258 e. The largest absolute Gasteiger partial charge is 0.313 e. The van der Waals surface area contributed by atoms with Crippen molar-refractivity contribution in [3.8, 4) is 0 Å². The Bertz CT molecular complexity index is 1120. The third kappa shape index (κ3) is 4.60. The lowest BCUT2D eigenvalue weighted by Crippen LogP contribution is -2.28. The number of hydrogen-bond acceptors (Lipinski definition) is 6. The van der Waals surface area contributed by atoms with E-state index in [1.807, 2.05) is 38.2 Å². The van der Waals surface area contributed by atoms with Crippen molar-refractivity contribution in [2.75, 3.05) is 0 Å². The Balaban J connectivity index is 1.94. The Hall–Kier alpha value is -2.58. The monoisotopic (exact) mass is 442 g/mol. The number of thiazole rings is 1. The molecule has 1 atom stereocenters. The number of rotatable bonds is 8. The van der Waals surface area contributed by atoms with Crippen molar-refractivity contribution in [1.82, 2.24) is 9.71 Å². The fraction of sp³-hybridized carbons (Fsp3) is 0.318. The normalized spacial score (nSPS) is 19.2. The van der Waals surface area contributed by atoms with Crippen LogP contribution in [0, 0.1) is 16.7 Å². The first-order chi connectivity index (χ1) is 14.3. The number of aromatic nitrogens is 1. The Morgan fingerprint density at radius 2 is 2.23 bits per heavy atom. The number of hydrogen-bond donors (Lipinski definition) is 3. The van der Waals surface area contributed by atoms with Gasteiger partial charge in [0, 0.05) is 18.3 Å². The second kappa shape index (κ2) is 9.06. The SMILES string of the molecule is C=Cc1nc(C2=CC(NS(=O)(=O)C3=C(C)C=CCC3C)=CCC2)c(C(=N)CC=N)s1. The van der Waals surface area contributed by atoms with Crippen LogP contribution in [0.15, 0.2) is 47.1 Å². The van der Waals surface area contributed by atoms with E-state index < -0.39 is 10.0 Å². The van der Waals surface area contributed by atoms with Gasteiger partial charge < -0.3 is 10.8 Å². The first kappa shape index (κ1) is 22.1. The van der Waals surface area contributed by atoms with E-state index in [4.69, 9.17) is 10.8 Å². The zero-order valence-electron chi connectivity index (χ0n) is 17.2. The van der Waals surface area contributed by atoms with E-state index in [2.05, 4.69) is 16.3 Å². The van der Waals surface area contributed by atoms with Gasteiger partial charge in [-0.25, -0.2) is 13.4 Å². The molecule has 1 aromatic heterocycles. The van der Waals surface area contributed by atoms with Crippen LogP contribution in [-0.2, 0) is 10.0 Å². The minimum Gasteiger partial charge on any atom is -0.313 e. The average molecular weight is 443 g/mol. The van der Waals surface area contributed by atoms with Crippen LogP contribution in [0.5, 0.6) is 0 Å². The lowest BCUT2D eigenvalue weighted by Gasteiger charge is -2.22. The Morgan fingerprint density at radius 1 is 1.47 bits per heavy atom. The van der Waals surface area contributed by atoms with Gasteiger partial charge in [0.05, 0.1) is 21.2 Å². The minimum atomic E-state index is -3.66. The van der Waals surface area contributed by atoms with Crippen molar-refractivity contribution in [1.29, 1.82) is 10.8 Å². The number of sulfonamides is 1. The highest BCUT2D eigenvalue weighted by Crippen LogP contribution is 2.33. The van der Waals surface area contributed by atoms with Crippen LogP contribution in [0.3, 0.4) is 0 Å². The second-order valence-electron chi connectivity index (χ2n) is 7.38. The summed E-state index contributed by atoms with van der Waals surface area (Å²) < 4.78 is 28.9. The second-order valence-corrected chi connectivity index (χ2v) is 10.1. The number of nitrogens with one attached hydrogen (secondary N) is 3. The Kier molecular flexibility index (Phi) is 6.67. The summed E-state index contributed by atoms with van der Waals surface area (Å²) in [6.45, 7) is 7.51. The fourth-order valence-electron chi connectivity index (χ4n) is 3.71. The molecule has 0 radical (unpaired) electrons. The molecule has 158 valence electrons. The molecule has 6 nitrogen and oxygen atoms in total. The van der Waals surface area contributed by atoms with Gasteiger partial charge in [0.25, 0.3) is 10.0 Å². The molecule has 1 unspecified atom stereocenters. The van der Waals surface area contributed by atoms with Crippen molar-refractivity contribution in [2.24, 2.45) is 5.92 Å². The molecule has 3 rings (SSSR count). The summed E-state index contributed by atoms with van der Waals surface area (Å²) in [4.78, 5) is 5.73. The van der Waals surface area contributed by atoms with Gasteiger partial charge >= 0.3 is 0 Å². The van der Waals surface area contributed by atoms with Gasteiger partial charge in [-0.2, -0.15) is 0 Å². The minimum absolute atomic E-state index is 0.0676. The molecule has 0 spiro atoms. The van der Waals surface area contributed by atoms with E-state index in [0.29, 0.717) is 51.2 Å². The maximum atomic E-state index is 13.1. The third-order valence-corrected chi connectivity index (χ3v) is 7.96. The van der Waals surface area contributed by atoms with Crippen molar-refractivity contribution in [3.05, 3.63) is 62.6 Å². The van der Waals surface area contributed by atoms with Crippen LogP contribution in [0.2, 0.25) is 0 Å². The molecular formula is C22H26N4O2S2. The highest BCUT2D eigenvalue weighted by atomic mass is 32.2. The molecule has 2 aliphatic rings. The van der Waals surface area contributed by atoms with Crippen LogP contribution in [0.25, 0.3) is 11.6 Å². The Labute approximate surface area is 181 Å². The van der Waals surface area contributed by atoms with Crippen LogP contribution in [0.4, 0.5) is 0 Å². The highest BCUT2D eigenvalue weighted by Gasteiger charge is 2.28. The molecule has 0 saturated carbocycles. The summed E-state index contributed by atoms with van der Waals surface area (Å²) in [7, 11) is -3.66. The first-order valence-electron chi connectivity index (χ1n) is 9.78. The van der Waals surface area contributed by atoms with E-state index in [0.717, 1.165) is 11.1 Å². The van der Waals surface area contributed by atoms with Crippen LogP contribution in [0.1, 0.15) is 55.1 Å². The molecule has 30 heavy (non-hydrogen) atoms. The van der Waals surface area contributed by atoms with Gasteiger partial charge in [-0.1, -0.05) is 31.7 Å². The van der Waals surface area contributed by atoms with E-state index >= 15 is 0 Å². The van der Waals surface area contributed by atoms with E-state index in [9.17, 15) is 8.42 Å². The van der Waals surface area contributed by atoms with Crippen LogP contribution >= 0.6 is 11.3 Å². The molecule has 8 heteroatoms. The first-order valence-corrected chi connectivity index (χ1v) is 12.1. The molecule has 3 N–H and O–H groups in total. The quantitative estimate of drug-likeness (QED) is 0.491. The molecular weight excluding hydrogens is 416 g/mol. The summed E-state index contributed by atoms with van der Waals surface area (Å²) in [6.07, 6.45) is 12.7. The summed E-state index contributed by atoms with van der Waals surface area (Å²) in [5.41, 5.74) is 3.17. The van der Waals surface area contributed by atoms with Crippen molar-refractivity contribution in [3.63, 3.8) is 0 Å². The van der Waals surface area contributed by atoms with E-state index in [-0.39, 0.29) is 12.3 Å². The van der Waals surface area contributed by atoms with Crippen molar-refractivity contribution < 1.29 is 8.42 Å². The number of allylic oxidation sites excluding steroid dienone is 7. The zero-order chi connectivity index (χ0) is 21.9. The van der Waals surface area contributed by atoms with Gasteiger partial charge in [0.15, 0.2) is 0 Å². The van der Waals surface area contributed by atoms with Gasteiger partial charge in [-0.15, -0.1) is 11.3 Å². The highest BCUT2D eigenvalue weighted by molar-refractivity contribution is 7.93. The third-order valence-electron chi connectivity index (χ3n) is 5.05. The summed E-state index contributed by atoms with van der Waals surface area (Å²) >= 11 is 1.37. The van der Waals surface area contributed by atoms with Gasteiger partial charge in [0.2, 0.25) is 0 Å². The predicted octanol–water partition coefficient (Wildman–Crippen LogP) is 5.04. The molecule has 0 saturated heterocycles. The van der Waals surface area contributed by atoms with Crippen molar-refractivity contribution in [2.45, 2.75) is 39.5 Å². The van der Waals surface area contributed by atoms with Gasteiger partial charge in [0.1, 0.15) is 5.01 Å². The molecule has 0 fully saturated rings. The molecule has 1 aromatic rings. The topological polar surface area (TPSA) is 107 Å². The maximum Gasteiger partial charge on any atom is 0.258 e. The maximum absolute atomic E-state index is 13.1. The molecule has 0 bridgehead atoms. The number of nitrogens with zero attached hydrogens (tertiary/aromatic N) is 1. The molecule has 0 aliphatic heterocycles. The molecule has 1 heterocycles. The lowest BCUT2D eigenvalue weighted by atomic mass is 9.98. The van der Waals surface area contributed by atoms with Crippen LogP contribution in [-0.4, -0.2) is 25.3 Å². The summed E-state index contributed by atoms with van der Waals surface area (Å²) in [5, 5.41) is 16.3. The molecule has 2 aliphatic carbocycles. The average Bonchev–Trinajstić information content (AvgIpc) is 3.12. The fourth-order valence-corrected chi connectivity index (χ4v) is 6.30. The summed E-state index contributed by atoms with van der Waals surface area (Å²) in [5.74, 6) is -0.0676. The molecule has 0 aromatic carbocycles.